The highest BCUT2D eigenvalue weighted by atomic mass is 79.9. The van der Waals surface area contributed by atoms with E-state index in [1.165, 1.54) is 12.0 Å². The highest BCUT2D eigenvalue weighted by Gasteiger charge is 2.19. The summed E-state index contributed by atoms with van der Waals surface area (Å²) in [7, 11) is 0. The van der Waals surface area contributed by atoms with Crippen molar-refractivity contribution >= 4 is 15.9 Å². The van der Waals surface area contributed by atoms with E-state index >= 15 is 0 Å². The monoisotopic (exact) mass is 297 g/mol. The van der Waals surface area contributed by atoms with Crippen LogP contribution in [-0.2, 0) is 5.41 Å². The standard InChI is InChI=1S/C15H24BrN/c1-12(2)11-17-10-9-15(3,4)13-5-7-14(16)8-6-13/h5-8,12,17H,9-11H2,1-4H3. The van der Waals surface area contributed by atoms with Crippen molar-refractivity contribution in [1.82, 2.24) is 5.32 Å². The van der Waals surface area contributed by atoms with Crippen LogP contribution in [0.2, 0.25) is 0 Å². The summed E-state index contributed by atoms with van der Waals surface area (Å²) in [4.78, 5) is 0. The molecule has 0 saturated carbocycles. The predicted octanol–water partition coefficient (Wildman–Crippen LogP) is 4.36. The van der Waals surface area contributed by atoms with Gasteiger partial charge in [0.05, 0.1) is 0 Å². The van der Waals surface area contributed by atoms with Crippen molar-refractivity contribution in [3.63, 3.8) is 0 Å². The van der Waals surface area contributed by atoms with Crippen LogP contribution in [0.3, 0.4) is 0 Å². The van der Waals surface area contributed by atoms with Crippen LogP contribution in [0.1, 0.15) is 39.7 Å². The van der Waals surface area contributed by atoms with Gasteiger partial charge in [0.1, 0.15) is 0 Å². The molecule has 1 nitrogen and oxygen atoms in total. The molecule has 1 aromatic rings. The van der Waals surface area contributed by atoms with Gasteiger partial charge in [0.15, 0.2) is 0 Å². The molecule has 0 amide bonds. The van der Waals surface area contributed by atoms with E-state index in [9.17, 15) is 0 Å². The molecule has 1 N–H and O–H groups in total. The Hall–Kier alpha value is -0.340. The minimum absolute atomic E-state index is 0.241. The van der Waals surface area contributed by atoms with Gasteiger partial charge in [0.25, 0.3) is 0 Å². The van der Waals surface area contributed by atoms with Crippen molar-refractivity contribution in [3.8, 4) is 0 Å². The molecular formula is C15H24BrN. The predicted molar refractivity (Wildman–Crippen MR) is 79.5 cm³/mol. The van der Waals surface area contributed by atoms with E-state index in [1.807, 2.05) is 0 Å². The van der Waals surface area contributed by atoms with Gasteiger partial charge in [0.2, 0.25) is 0 Å². The lowest BCUT2D eigenvalue weighted by Crippen LogP contribution is -2.27. The Morgan fingerprint density at radius 3 is 2.29 bits per heavy atom. The average molecular weight is 298 g/mol. The maximum atomic E-state index is 3.51. The quantitative estimate of drug-likeness (QED) is 0.769. The highest BCUT2D eigenvalue weighted by Crippen LogP contribution is 2.27. The summed E-state index contributed by atoms with van der Waals surface area (Å²) in [6.45, 7) is 11.3. The molecule has 0 aromatic heterocycles. The van der Waals surface area contributed by atoms with E-state index in [2.05, 4.69) is 73.2 Å². The molecule has 96 valence electrons. The molecule has 0 aliphatic heterocycles. The van der Waals surface area contributed by atoms with Crippen LogP contribution in [0.15, 0.2) is 28.7 Å². The molecule has 0 radical (unpaired) electrons. The molecule has 0 aliphatic rings. The molecule has 17 heavy (non-hydrogen) atoms. The number of rotatable bonds is 6. The fourth-order valence-corrected chi connectivity index (χ4v) is 2.10. The molecule has 0 bridgehead atoms. The smallest absolute Gasteiger partial charge is 0.0175 e. The van der Waals surface area contributed by atoms with Crippen LogP contribution in [0, 0.1) is 5.92 Å². The molecule has 1 aromatic carbocycles. The molecule has 1 rings (SSSR count). The summed E-state index contributed by atoms with van der Waals surface area (Å²) in [5.41, 5.74) is 1.65. The zero-order chi connectivity index (χ0) is 12.9. The largest absolute Gasteiger partial charge is 0.316 e. The minimum atomic E-state index is 0.241. The van der Waals surface area contributed by atoms with Gasteiger partial charge >= 0.3 is 0 Å². The van der Waals surface area contributed by atoms with Crippen LogP contribution in [0.25, 0.3) is 0 Å². The van der Waals surface area contributed by atoms with Crippen LogP contribution >= 0.6 is 15.9 Å². The first-order valence-electron chi connectivity index (χ1n) is 6.38. The van der Waals surface area contributed by atoms with E-state index in [0.29, 0.717) is 0 Å². The molecule has 0 heterocycles. The SMILES string of the molecule is CC(C)CNCCC(C)(C)c1ccc(Br)cc1. The van der Waals surface area contributed by atoms with Crippen LogP contribution in [-0.4, -0.2) is 13.1 Å². The van der Waals surface area contributed by atoms with E-state index in [0.717, 1.165) is 23.5 Å². The molecule has 0 saturated heterocycles. The molecular weight excluding hydrogens is 274 g/mol. The zero-order valence-corrected chi connectivity index (χ0v) is 13.0. The first kappa shape index (κ1) is 14.7. The second-order valence-corrected chi connectivity index (χ2v) is 6.65. The first-order valence-corrected chi connectivity index (χ1v) is 7.18. The van der Waals surface area contributed by atoms with Gasteiger partial charge in [-0.15, -0.1) is 0 Å². The minimum Gasteiger partial charge on any atom is -0.316 e. The van der Waals surface area contributed by atoms with Gasteiger partial charge in [-0.3, -0.25) is 0 Å². The lowest BCUT2D eigenvalue weighted by atomic mass is 9.81. The van der Waals surface area contributed by atoms with Crippen molar-refractivity contribution < 1.29 is 0 Å². The Bertz CT molecular complexity index is 327. The second-order valence-electron chi connectivity index (χ2n) is 5.74. The van der Waals surface area contributed by atoms with Crippen molar-refractivity contribution in [2.75, 3.05) is 13.1 Å². The zero-order valence-electron chi connectivity index (χ0n) is 11.4. The Morgan fingerprint density at radius 2 is 1.76 bits per heavy atom. The van der Waals surface area contributed by atoms with Crippen molar-refractivity contribution in [1.29, 1.82) is 0 Å². The van der Waals surface area contributed by atoms with Crippen LogP contribution in [0.5, 0.6) is 0 Å². The van der Waals surface area contributed by atoms with E-state index in [4.69, 9.17) is 0 Å². The number of hydrogen-bond acceptors (Lipinski definition) is 1. The summed E-state index contributed by atoms with van der Waals surface area (Å²) < 4.78 is 1.15. The lowest BCUT2D eigenvalue weighted by molar-refractivity contribution is 0.442. The maximum absolute atomic E-state index is 3.51. The number of halogens is 1. The summed E-state index contributed by atoms with van der Waals surface area (Å²) in [5, 5.41) is 3.51. The van der Waals surface area contributed by atoms with Crippen LogP contribution < -0.4 is 5.32 Å². The van der Waals surface area contributed by atoms with Crippen LogP contribution in [0.4, 0.5) is 0 Å². The third-order valence-electron chi connectivity index (χ3n) is 3.11. The third kappa shape index (κ3) is 5.22. The lowest BCUT2D eigenvalue weighted by Gasteiger charge is -2.25. The van der Waals surface area contributed by atoms with Gasteiger partial charge in [-0.1, -0.05) is 55.8 Å². The topological polar surface area (TPSA) is 12.0 Å². The van der Waals surface area contributed by atoms with E-state index in [1.54, 1.807) is 0 Å². The fraction of sp³-hybridized carbons (Fsp3) is 0.600. The number of nitrogens with one attached hydrogen (secondary N) is 1. The Morgan fingerprint density at radius 1 is 1.18 bits per heavy atom. The Kier molecular flexibility index (Phi) is 5.68. The average Bonchev–Trinajstić information content (AvgIpc) is 2.25. The van der Waals surface area contributed by atoms with Gasteiger partial charge in [-0.2, -0.15) is 0 Å². The molecule has 0 atom stereocenters. The maximum Gasteiger partial charge on any atom is 0.0175 e. The van der Waals surface area contributed by atoms with E-state index in [-0.39, 0.29) is 5.41 Å². The highest BCUT2D eigenvalue weighted by molar-refractivity contribution is 9.10. The normalized spacial score (nSPS) is 12.1. The summed E-state index contributed by atoms with van der Waals surface area (Å²) in [5.74, 6) is 0.728. The molecule has 0 fully saturated rings. The first-order chi connectivity index (χ1) is 7.92. The van der Waals surface area contributed by atoms with Crippen molar-refractivity contribution in [2.24, 2.45) is 5.92 Å². The van der Waals surface area contributed by atoms with Gasteiger partial charge in [-0.05, 0) is 48.5 Å². The Balaban J connectivity index is 2.47. The van der Waals surface area contributed by atoms with Crippen molar-refractivity contribution in [2.45, 2.75) is 39.5 Å². The van der Waals surface area contributed by atoms with Crippen molar-refractivity contribution in [3.05, 3.63) is 34.3 Å². The van der Waals surface area contributed by atoms with Gasteiger partial charge < -0.3 is 5.32 Å². The third-order valence-corrected chi connectivity index (χ3v) is 3.63. The van der Waals surface area contributed by atoms with Gasteiger partial charge in [-0.25, -0.2) is 0 Å². The second kappa shape index (κ2) is 6.55. The number of hydrogen-bond donors (Lipinski definition) is 1. The summed E-state index contributed by atoms with van der Waals surface area (Å²) in [6.07, 6.45) is 1.17. The molecule has 0 spiro atoms. The molecule has 0 aliphatic carbocycles. The fourth-order valence-electron chi connectivity index (χ4n) is 1.84. The van der Waals surface area contributed by atoms with E-state index < -0.39 is 0 Å². The summed E-state index contributed by atoms with van der Waals surface area (Å²) in [6, 6.07) is 8.68. The molecule has 0 unspecified atom stereocenters. The van der Waals surface area contributed by atoms with Gasteiger partial charge in [0, 0.05) is 4.47 Å². The number of benzene rings is 1. The Labute approximate surface area is 114 Å². The summed E-state index contributed by atoms with van der Waals surface area (Å²) >= 11 is 3.48. The molecule has 2 heteroatoms.